The van der Waals surface area contributed by atoms with E-state index in [-0.39, 0.29) is 11.9 Å². The highest BCUT2D eigenvalue weighted by atomic mass is 79.9. The second-order valence-electron chi connectivity index (χ2n) is 4.86. The summed E-state index contributed by atoms with van der Waals surface area (Å²) in [7, 11) is 0. The van der Waals surface area contributed by atoms with Gasteiger partial charge in [-0.2, -0.15) is 0 Å². The first-order valence-electron chi connectivity index (χ1n) is 6.57. The van der Waals surface area contributed by atoms with E-state index in [2.05, 4.69) is 21.2 Å². The molecule has 19 heavy (non-hydrogen) atoms. The van der Waals surface area contributed by atoms with Gasteiger partial charge >= 0.3 is 0 Å². The lowest BCUT2D eigenvalue weighted by Crippen LogP contribution is -2.44. The first-order chi connectivity index (χ1) is 9.15. The fraction of sp³-hybridized carbons (Fsp3) is 0.400. The molecule has 1 amide bonds. The minimum atomic E-state index is -0.406. The van der Waals surface area contributed by atoms with Crippen LogP contribution in [0.15, 0.2) is 34.8 Å². The molecule has 1 aliphatic rings. The van der Waals surface area contributed by atoms with Crippen LogP contribution in [-0.4, -0.2) is 23.2 Å². The number of rotatable bonds is 3. The highest BCUT2D eigenvalue weighted by molar-refractivity contribution is 9.10. The molecule has 0 heterocycles. The smallest absolute Gasteiger partial charge is 0.244 e. The van der Waals surface area contributed by atoms with Crippen molar-refractivity contribution < 1.29 is 9.90 Å². The molecule has 4 heteroatoms. The molecule has 2 atom stereocenters. The van der Waals surface area contributed by atoms with Gasteiger partial charge in [-0.15, -0.1) is 0 Å². The van der Waals surface area contributed by atoms with Crippen LogP contribution in [0.1, 0.15) is 31.2 Å². The van der Waals surface area contributed by atoms with Crippen molar-refractivity contribution >= 4 is 27.9 Å². The minimum Gasteiger partial charge on any atom is -0.391 e. The van der Waals surface area contributed by atoms with E-state index in [9.17, 15) is 9.90 Å². The largest absolute Gasteiger partial charge is 0.391 e. The fourth-order valence-electron chi connectivity index (χ4n) is 2.29. The van der Waals surface area contributed by atoms with Gasteiger partial charge < -0.3 is 10.4 Å². The van der Waals surface area contributed by atoms with E-state index in [1.165, 1.54) is 6.08 Å². The van der Waals surface area contributed by atoms with Crippen molar-refractivity contribution in [2.75, 3.05) is 0 Å². The van der Waals surface area contributed by atoms with E-state index in [0.717, 1.165) is 35.7 Å². The van der Waals surface area contributed by atoms with Crippen LogP contribution in [0.4, 0.5) is 0 Å². The van der Waals surface area contributed by atoms with Crippen LogP contribution in [0, 0.1) is 0 Å². The van der Waals surface area contributed by atoms with Gasteiger partial charge in [0.25, 0.3) is 0 Å². The number of amides is 1. The number of halogens is 1. The van der Waals surface area contributed by atoms with Crippen LogP contribution in [0.2, 0.25) is 0 Å². The van der Waals surface area contributed by atoms with Gasteiger partial charge in [-0.25, -0.2) is 0 Å². The quantitative estimate of drug-likeness (QED) is 0.840. The maximum atomic E-state index is 11.8. The van der Waals surface area contributed by atoms with E-state index >= 15 is 0 Å². The van der Waals surface area contributed by atoms with Gasteiger partial charge in [0.1, 0.15) is 0 Å². The van der Waals surface area contributed by atoms with Crippen molar-refractivity contribution in [3.05, 3.63) is 40.4 Å². The third-order valence-corrected chi connectivity index (χ3v) is 3.83. The highest BCUT2D eigenvalue weighted by Crippen LogP contribution is 2.18. The molecule has 0 spiro atoms. The average Bonchev–Trinajstić information content (AvgIpc) is 2.39. The SMILES string of the molecule is O=C(C=Cc1cccc(Br)c1)NC1CCCCC1O. The Morgan fingerprint density at radius 3 is 2.89 bits per heavy atom. The normalized spacial score (nSPS) is 23.5. The highest BCUT2D eigenvalue weighted by Gasteiger charge is 2.23. The summed E-state index contributed by atoms with van der Waals surface area (Å²) in [5, 5.41) is 12.7. The molecule has 3 nitrogen and oxygen atoms in total. The monoisotopic (exact) mass is 323 g/mol. The fourth-order valence-corrected chi connectivity index (χ4v) is 2.71. The Labute approximate surface area is 121 Å². The summed E-state index contributed by atoms with van der Waals surface area (Å²) >= 11 is 3.39. The summed E-state index contributed by atoms with van der Waals surface area (Å²) in [5.41, 5.74) is 0.966. The molecular weight excluding hydrogens is 306 g/mol. The predicted molar refractivity (Wildman–Crippen MR) is 79.6 cm³/mol. The Hall–Kier alpha value is -1.13. The van der Waals surface area contributed by atoms with Crippen LogP contribution in [0.25, 0.3) is 6.08 Å². The van der Waals surface area contributed by atoms with Gasteiger partial charge in [0.05, 0.1) is 12.1 Å². The molecule has 1 aromatic carbocycles. The number of nitrogens with one attached hydrogen (secondary N) is 1. The number of hydrogen-bond acceptors (Lipinski definition) is 2. The molecule has 0 radical (unpaired) electrons. The summed E-state index contributed by atoms with van der Waals surface area (Å²) in [4.78, 5) is 11.8. The molecular formula is C15H18BrNO2. The zero-order chi connectivity index (χ0) is 13.7. The second kappa shape index (κ2) is 6.87. The average molecular weight is 324 g/mol. The van der Waals surface area contributed by atoms with Gasteiger partial charge in [-0.1, -0.05) is 40.9 Å². The summed E-state index contributed by atoms with van der Waals surface area (Å²) in [6.45, 7) is 0. The van der Waals surface area contributed by atoms with Crippen LogP contribution < -0.4 is 5.32 Å². The first kappa shape index (κ1) is 14.3. The van der Waals surface area contributed by atoms with Crippen molar-refractivity contribution in [3.8, 4) is 0 Å². The summed E-state index contributed by atoms with van der Waals surface area (Å²) in [5.74, 6) is -0.147. The van der Waals surface area contributed by atoms with Crippen molar-refractivity contribution in [2.45, 2.75) is 37.8 Å². The Bertz CT molecular complexity index is 473. The van der Waals surface area contributed by atoms with E-state index in [0.29, 0.717) is 0 Å². The van der Waals surface area contributed by atoms with E-state index in [4.69, 9.17) is 0 Å². The molecule has 0 aromatic heterocycles. The minimum absolute atomic E-state index is 0.103. The number of hydrogen-bond donors (Lipinski definition) is 2. The second-order valence-corrected chi connectivity index (χ2v) is 5.77. The van der Waals surface area contributed by atoms with Gasteiger partial charge in [-0.3, -0.25) is 4.79 Å². The summed E-state index contributed by atoms with van der Waals surface area (Å²) < 4.78 is 0.984. The molecule has 0 aliphatic heterocycles. The number of aliphatic hydroxyl groups excluding tert-OH is 1. The Balaban J connectivity index is 1.90. The standard InChI is InChI=1S/C15H18BrNO2/c16-12-5-3-4-11(10-12)8-9-15(19)17-13-6-1-2-7-14(13)18/h3-5,8-10,13-14,18H,1-2,6-7H2,(H,17,19). The Morgan fingerprint density at radius 1 is 1.37 bits per heavy atom. The molecule has 2 N–H and O–H groups in total. The van der Waals surface area contributed by atoms with Crippen LogP contribution in [-0.2, 0) is 4.79 Å². The van der Waals surface area contributed by atoms with E-state index in [1.807, 2.05) is 24.3 Å². The maximum Gasteiger partial charge on any atom is 0.244 e. The lowest BCUT2D eigenvalue weighted by atomic mass is 9.92. The Morgan fingerprint density at radius 2 is 2.16 bits per heavy atom. The molecule has 1 aliphatic carbocycles. The lowest BCUT2D eigenvalue weighted by molar-refractivity contribution is -0.118. The van der Waals surface area contributed by atoms with E-state index in [1.54, 1.807) is 6.08 Å². The molecule has 1 saturated carbocycles. The molecule has 1 fully saturated rings. The maximum absolute atomic E-state index is 11.8. The lowest BCUT2D eigenvalue weighted by Gasteiger charge is -2.27. The van der Waals surface area contributed by atoms with Crippen molar-refractivity contribution in [3.63, 3.8) is 0 Å². The third-order valence-electron chi connectivity index (χ3n) is 3.33. The molecule has 2 rings (SSSR count). The number of aliphatic hydroxyl groups is 1. The van der Waals surface area contributed by atoms with Gasteiger partial charge in [0.15, 0.2) is 0 Å². The van der Waals surface area contributed by atoms with Gasteiger partial charge in [0, 0.05) is 10.5 Å². The topological polar surface area (TPSA) is 49.3 Å². The first-order valence-corrected chi connectivity index (χ1v) is 7.36. The molecule has 0 saturated heterocycles. The van der Waals surface area contributed by atoms with Crippen LogP contribution >= 0.6 is 15.9 Å². The third kappa shape index (κ3) is 4.48. The van der Waals surface area contributed by atoms with E-state index < -0.39 is 6.10 Å². The molecule has 0 bridgehead atoms. The predicted octanol–water partition coefficient (Wildman–Crippen LogP) is 2.88. The molecule has 102 valence electrons. The summed E-state index contributed by atoms with van der Waals surface area (Å²) in [6, 6.07) is 7.64. The summed E-state index contributed by atoms with van der Waals surface area (Å²) in [6.07, 6.45) is 6.63. The van der Waals surface area contributed by atoms with Crippen molar-refractivity contribution in [1.29, 1.82) is 0 Å². The number of carbonyl (C=O) groups is 1. The van der Waals surface area contributed by atoms with Gasteiger partial charge in [-0.05, 0) is 36.6 Å². The Kier molecular flexibility index (Phi) is 5.16. The van der Waals surface area contributed by atoms with Crippen molar-refractivity contribution in [1.82, 2.24) is 5.32 Å². The van der Waals surface area contributed by atoms with Crippen LogP contribution in [0.3, 0.4) is 0 Å². The molecule has 1 aromatic rings. The zero-order valence-corrected chi connectivity index (χ0v) is 12.3. The zero-order valence-electron chi connectivity index (χ0n) is 10.7. The molecule has 2 unspecified atom stereocenters. The van der Waals surface area contributed by atoms with Crippen LogP contribution in [0.5, 0.6) is 0 Å². The number of benzene rings is 1. The van der Waals surface area contributed by atoms with Crippen molar-refractivity contribution in [2.24, 2.45) is 0 Å². The van der Waals surface area contributed by atoms with Gasteiger partial charge in [0.2, 0.25) is 5.91 Å². The number of carbonyl (C=O) groups excluding carboxylic acids is 1.